The van der Waals surface area contributed by atoms with E-state index in [0.717, 1.165) is 18.4 Å². The van der Waals surface area contributed by atoms with Crippen LogP contribution in [-0.4, -0.2) is 43.7 Å². The number of ether oxygens (including phenoxy) is 2. The van der Waals surface area contributed by atoms with Gasteiger partial charge in [0.1, 0.15) is 0 Å². The second-order valence-corrected chi connectivity index (χ2v) is 5.85. The Kier molecular flexibility index (Phi) is 4.72. The molecule has 3 aromatic rings. The Morgan fingerprint density at radius 3 is 2.41 bits per heavy atom. The number of methoxy groups -OCH3 is 1. The third-order valence-corrected chi connectivity index (χ3v) is 3.85. The monoisotopic (exact) mass is 385 g/mol. The number of hydrogen-bond donors (Lipinski definition) is 0. The van der Waals surface area contributed by atoms with E-state index in [-0.39, 0.29) is 11.5 Å². The van der Waals surface area contributed by atoms with Crippen LogP contribution in [0.15, 0.2) is 30.7 Å². The lowest BCUT2D eigenvalue weighted by atomic mass is 10.2. The summed E-state index contributed by atoms with van der Waals surface area (Å²) in [5.74, 6) is -3.72. The van der Waals surface area contributed by atoms with Crippen LogP contribution < -0.4 is 4.74 Å². The zero-order valence-electron chi connectivity index (χ0n) is 14.5. The van der Waals surface area contributed by atoms with Crippen molar-refractivity contribution in [2.45, 2.75) is 32.0 Å². The van der Waals surface area contributed by atoms with Crippen molar-refractivity contribution >= 4 is 5.65 Å². The summed E-state index contributed by atoms with van der Waals surface area (Å²) >= 11 is 0. The molecule has 3 aromatic heterocycles. The van der Waals surface area contributed by atoms with Gasteiger partial charge >= 0.3 is 6.11 Å². The average Bonchev–Trinajstić information content (AvgIpc) is 3.05. The molecular formula is C16H15F4N5O2. The van der Waals surface area contributed by atoms with Gasteiger partial charge in [0.2, 0.25) is 11.7 Å². The first-order valence-corrected chi connectivity index (χ1v) is 7.77. The van der Waals surface area contributed by atoms with Gasteiger partial charge in [-0.25, -0.2) is 13.8 Å². The maximum atomic E-state index is 13.8. The van der Waals surface area contributed by atoms with Gasteiger partial charge in [-0.3, -0.25) is 9.38 Å². The van der Waals surface area contributed by atoms with Gasteiger partial charge in [0.25, 0.3) is 5.92 Å². The van der Waals surface area contributed by atoms with Crippen molar-refractivity contribution in [3.63, 3.8) is 0 Å². The number of halogens is 4. The van der Waals surface area contributed by atoms with Crippen molar-refractivity contribution in [2.75, 3.05) is 7.11 Å². The number of hydrogen-bond acceptors (Lipinski definition) is 6. The number of rotatable bonds is 6. The second kappa shape index (κ2) is 6.72. The van der Waals surface area contributed by atoms with E-state index < -0.39 is 24.0 Å². The third-order valence-electron chi connectivity index (χ3n) is 3.85. The smallest absolute Gasteiger partial charge is 0.417 e. The van der Waals surface area contributed by atoms with Crippen LogP contribution in [0.2, 0.25) is 0 Å². The molecule has 1 unspecified atom stereocenters. The molecule has 144 valence electrons. The van der Waals surface area contributed by atoms with E-state index >= 15 is 0 Å². The van der Waals surface area contributed by atoms with Crippen LogP contribution in [0.5, 0.6) is 5.88 Å². The zero-order valence-corrected chi connectivity index (χ0v) is 14.5. The lowest BCUT2D eigenvalue weighted by Crippen LogP contribution is -2.32. The fraction of sp³-hybridized carbons (Fsp3) is 0.375. The molecule has 0 amide bonds. The predicted octanol–water partition coefficient (Wildman–Crippen LogP) is 3.30. The molecule has 0 aliphatic carbocycles. The van der Waals surface area contributed by atoms with Gasteiger partial charge in [0.15, 0.2) is 11.8 Å². The van der Waals surface area contributed by atoms with Gasteiger partial charge < -0.3 is 9.47 Å². The van der Waals surface area contributed by atoms with Gasteiger partial charge in [-0.1, -0.05) is 0 Å². The van der Waals surface area contributed by atoms with Gasteiger partial charge in [-0.15, -0.1) is 10.2 Å². The fourth-order valence-corrected chi connectivity index (χ4v) is 2.13. The fourth-order valence-electron chi connectivity index (χ4n) is 2.13. The van der Waals surface area contributed by atoms with Crippen LogP contribution >= 0.6 is 0 Å². The van der Waals surface area contributed by atoms with E-state index in [1.54, 1.807) is 0 Å². The van der Waals surface area contributed by atoms with Gasteiger partial charge in [-0.05, 0) is 13.0 Å². The Morgan fingerprint density at radius 1 is 1.07 bits per heavy atom. The molecule has 0 N–H and O–H groups in total. The van der Waals surface area contributed by atoms with E-state index in [2.05, 4.69) is 24.9 Å². The Hall–Kier alpha value is -2.82. The topological polar surface area (TPSA) is 74.4 Å². The molecule has 3 heterocycles. The highest BCUT2D eigenvalue weighted by Gasteiger charge is 2.37. The lowest BCUT2D eigenvalue weighted by molar-refractivity contribution is -0.237. The van der Waals surface area contributed by atoms with Crippen molar-refractivity contribution in [3.8, 4) is 17.1 Å². The van der Waals surface area contributed by atoms with Crippen LogP contribution in [0.25, 0.3) is 16.9 Å². The first-order valence-electron chi connectivity index (χ1n) is 7.77. The van der Waals surface area contributed by atoms with Crippen LogP contribution in [-0.2, 0) is 10.8 Å². The zero-order chi connectivity index (χ0) is 19.8. The quantitative estimate of drug-likeness (QED) is 0.606. The Balaban J connectivity index is 1.90. The Morgan fingerprint density at radius 2 is 1.81 bits per heavy atom. The van der Waals surface area contributed by atoms with E-state index in [1.807, 2.05) is 0 Å². The molecule has 0 bridgehead atoms. The molecule has 0 radical (unpaired) electrons. The number of fused-ring (bicyclic) bond motifs is 1. The molecular weight excluding hydrogens is 370 g/mol. The average molecular weight is 385 g/mol. The summed E-state index contributed by atoms with van der Waals surface area (Å²) in [6, 6.07) is 2.91. The van der Waals surface area contributed by atoms with Gasteiger partial charge in [-0.2, -0.15) is 8.78 Å². The molecule has 1 atom stereocenters. The highest BCUT2D eigenvalue weighted by Crippen LogP contribution is 2.28. The van der Waals surface area contributed by atoms with Crippen molar-refractivity contribution < 1.29 is 27.0 Å². The maximum Gasteiger partial charge on any atom is 0.417 e. The summed E-state index contributed by atoms with van der Waals surface area (Å²) in [5, 5.41) is 7.05. The van der Waals surface area contributed by atoms with Crippen LogP contribution in [0.4, 0.5) is 17.6 Å². The molecule has 3 rings (SSSR count). The molecule has 7 nitrogen and oxygen atoms in total. The van der Waals surface area contributed by atoms with Gasteiger partial charge in [0.05, 0.1) is 11.9 Å². The minimum absolute atomic E-state index is 0.00440. The van der Waals surface area contributed by atoms with Crippen molar-refractivity contribution in [3.05, 3.63) is 36.5 Å². The number of alkyl halides is 4. The Labute approximate surface area is 151 Å². The Bertz CT molecular complexity index is 940. The second-order valence-electron chi connectivity index (χ2n) is 5.85. The standard InChI is InChI=1S/C16H15F4N5O2/c1-9(15(2,17)18)27-13-5-4-10(6-22-13)11-8-25-12(7-21-11)23-24-14(25)16(19,20)26-3/h4-9H,1-3H3. The molecule has 0 spiro atoms. The summed E-state index contributed by atoms with van der Waals surface area (Å²) in [6.45, 7) is 1.98. The molecule has 27 heavy (non-hydrogen) atoms. The van der Waals surface area contributed by atoms with Crippen LogP contribution in [0, 0.1) is 0 Å². The molecule has 0 aromatic carbocycles. The van der Waals surface area contributed by atoms with Gasteiger partial charge in [0, 0.05) is 38.1 Å². The summed E-state index contributed by atoms with van der Waals surface area (Å²) in [4.78, 5) is 8.07. The molecule has 0 fully saturated rings. The predicted molar refractivity (Wildman–Crippen MR) is 85.6 cm³/mol. The summed E-state index contributed by atoms with van der Waals surface area (Å²) in [5.41, 5.74) is 0.862. The lowest BCUT2D eigenvalue weighted by Gasteiger charge is -2.20. The van der Waals surface area contributed by atoms with Crippen molar-refractivity contribution in [1.82, 2.24) is 24.6 Å². The molecule has 0 saturated heterocycles. The van der Waals surface area contributed by atoms with E-state index in [4.69, 9.17) is 4.74 Å². The third kappa shape index (κ3) is 3.82. The summed E-state index contributed by atoms with van der Waals surface area (Å²) < 4.78 is 64.2. The van der Waals surface area contributed by atoms with E-state index in [9.17, 15) is 17.6 Å². The minimum atomic E-state index is -3.63. The van der Waals surface area contributed by atoms with E-state index in [0.29, 0.717) is 11.3 Å². The number of nitrogens with zero attached hydrogens (tertiary/aromatic N) is 5. The largest absolute Gasteiger partial charge is 0.468 e. The first kappa shape index (κ1) is 19.0. The van der Waals surface area contributed by atoms with E-state index in [1.165, 1.54) is 37.6 Å². The number of aromatic nitrogens is 5. The molecule has 0 aliphatic rings. The molecule has 0 saturated carbocycles. The SMILES string of the molecule is COC(F)(F)c1nnc2cnc(-c3ccc(OC(C)C(C)(F)F)nc3)cn12. The normalized spacial score (nSPS) is 13.7. The molecule has 11 heteroatoms. The molecule has 0 aliphatic heterocycles. The first-order chi connectivity index (χ1) is 12.6. The maximum absolute atomic E-state index is 13.8. The highest BCUT2D eigenvalue weighted by molar-refractivity contribution is 5.59. The summed E-state index contributed by atoms with van der Waals surface area (Å²) in [6.07, 6.45) is -1.08. The van der Waals surface area contributed by atoms with Crippen LogP contribution in [0.1, 0.15) is 19.7 Å². The number of pyridine rings is 1. The minimum Gasteiger partial charge on any atom is -0.468 e. The van der Waals surface area contributed by atoms with Crippen LogP contribution in [0.3, 0.4) is 0 Å². The van der Waals surface area contributed by atoms with Crippen molar-refractivity contribution in [1.29, 1.82) is 0 Å². The summed E-state index contributed by atoms with van der Waals surface area (Å²) in [7, 11) is 0.854. The highest BCUT2D eigenvalue weighted by atomic mass is 19.3. The van der Waals surface area contributed by atoms with Crippen molar-refractivity contribution in [2.24, 2.45) is 0 Å².